The lowest BCUT2D eigenvalue weighted by atomic mass is 10.00. The van der Waals surface area contributed by atoms with Crippen molar-refractivity contribution in [1.82, 2.24) is 0 Å². The topological polar surface area (TPSA) is 186 Å². The van der Waals surface area contributed by atoms with Gasteiger partial charge in [-0.15, -0.1) is 0 Å². The zero-order chi connectivity index (χ0) is 49.1. The second kappa shape index (κ2) is 44.3. The van der Waals surface area contributed by atoms with Crippen molar-refractivity contribution < 1.29 is 56.8 Å². The highest BCUT2D eigenvalue weighted by Gasteiger charge is 2.46. The summed E-state index contributed by atoms with van der Waals surface area (Å²) in [4.78, 5) is 25.5. The SMILES string of the molecule is CCCCCCCCCCCCCCCCCCCC/C=C/CCCC(=O)O[C@H](COC(=O)CCCCCCCCCCCCCCCCCC)CO[C@H]1O[C@H](CS(=O)(=O)O)[C@@H](O)C(O)C1O. The van der Waals surface area contributed by atoms with Gasteiger partial charge in [-0.3, -0.25) is 14.1 Å². The Morgan fingerprint density at radius 1 is 0.493 bits per heavy atom. The zero-order valence-electron chi connectivity index (χ0n) is 42.8. The first kappa shape index (κ1) is 63.4. The Balaban J connectivity index is 2.33. The van der Waals surface area contributed by atoms with E-state index < -0.39 is 71.2 Å². The average Bonchev–Trinajstić information content (AvgIpc) is 3.30. The molecule has 67 heavy (non-hydrogen) atoms. The summed E-state index contributed by atoms with van der Waals surface area (Å²) >= 11 is 0. The molecule has 0 saturated carbocycles. The van der Waals surface area contributed by atoms with Gasteiger partial charge in [0.15, 0.2) is 12.4 Å². The van der Waals surface area contributed by atoms with Gasteiger partial charge in [-0.1, -0.05) is 231 Å². The lowest BCUT2D eigenvalue weighted by Gasteiger charge is -2.40. The number of aliphatic hydroxyl groups excluding tert-OH is 3. The van der Waals surface area contributed by atoms with Crippen molar-refractivity contribution in [1.29, 1.82) is 0 Å². The number of aliphatic hydroxyl groups is 3. The monoisotopic (exact) mass is 975 g/mol. The maximum absolute atomic E-state index is 12.9. The van der Waals surface area contributed by atoms with Crippen LogP contribution in [0.1, 0.15) is 264 Å². The van der Waals surface area contributed by atoms with Crippen molar-refractivity contribution in [2.45, 2.75) is 301 Å². The molecule has 1 aliphatic rings. The van der Waals surface area contributed by atoms with E-state index in [0.717, 1.165) is 32.1 Å². The van der Waals surface area contributed by atoms with E-state index in [4.69, 9.17) is 18.9 Å². The molecule has 0 spiro atoms. The lowest BCUT2D eigenvalue weighted by molar-refractivity contribution is -0.297. The molecule has 0 aliphatic carbocycles. The lowest BCUT2D eigenvalue weighted by Crippen LogP contribution is -2.60. The largest absolute Gasteiger partial charge is 0.462 e. The van der Waals surface area contributed by atoms with Gasteiger partial charge in [0.05, 0.1) is 6.61 Å². The summed E-state index contributed by atoms with van der Waals surface area (Å²) in [6.45, 7) is 3.80. The molecule has 0 radical (unpaired) electrons. The summed E-state index contributed by atoms with van der Waals surface area (Å²) in [6, 6.07) is 0. The van der Waals surface area contributed by atoms with Crippen LogP contribution in [-0.4, -0.2) is 96.0 Å². The molecule has 1 saturated heterocycles. The zero-order valence-corrected chi connectivity index (χ0v) is 43.6. The van der Waals surface area contributed by atoms with E-state index in [1.807, 2.05) is 0 Å². The van der Waals surface area contributed by atoms with Gasteiger partial charge < -0.3 is 34.3 Å². The first-order chi connectivity index (χ1) is 32.5. The van der Waals surface area contributed by atoms with Crippen LogP contribution in [0.15, 0.2) is 12.2 Å². The molecule has 0 aromatic rings. The highest BCUT2D eigenvalue weighted by Crippen LogP contribution is 2.24. The third-order valence-corrected chi connectivity index (χ3v) is 13.8. The molecule has 13 heteroatoms. The molecule has 1 aliphatic heterocycles. The van der Waals surface area contributed by atoms with Gasteiger partial charge >= 0.3 is 11.9 Å². The highest BCUT2D eigenvalue weighted by atomic mass is 32.2. The third-order valence-electron chi connectivity index (χ3n) is 13.1. The van der Waals surface area contributed by atoms with Gasteiger partial charge in [0, 0.05) is 12.8 Å². The molecule has 0 amide bonds. The number of unbranched alkanes of at least 4 members (excludes halogenated alkanes) is 34. The minimum absolute atomic E-state index is 0.122. The third kappa shape index (κ3) is 38.8. The van der Waals surface area contributed by atoms with Crippen LogP contribution in [0.2, 0.25) is 0 Å². The summed E-state index contributed by atoms with van der Waals surface area (Å²) < 4.78 is 54.3. The Hall–Kier alpha value is -1.61. The summed E-state index contributed by atoms with van der Waals surface area (Å²) in [6.07, 6.45) is 41.2. The maximum Gasteiger partial charge on any atom is 0.306 e. The molecular weight excluding hydrogens is 873 g/mol. The Labute approximate surface area is 409 Å². The molecule has 396 valence electrons. The van der Waals surface area contributed by atoms with E-state index >= 15 is 0 Å². The number of hydrogen-bond acceptors (Lipinski definition) is 11. The minimum atomic E-state index is -4.61. The van der Waals surface area contributed by atoms with Crippen molar-refractivity contribution in [3.8, 4) is 0 Å². The highest BCUT2D eigenvalue weighted by molar-refractivity contribution is 7.85. The van der Waals surface area contributed by atoms with Crippen molar-refractivity contribution in [2.24, 2.45) is 0 Å². The first-order valence-corrected chi connectivity index (χ1v) is 29.4. The second-order valence-electron chi connectivity index (χ2n) is 19.6. The summed E-state index contributed by atoms with van der Waals surface area (Å²) in [5.41, 5.74) is 0. The van der Waals surface area contributed by atoms with Crippen LogP contribution in [0.4, 0.5) is 0 Å². The summed E-state index contributed by atoms with van der Waals surface area (Å²) in [5.74, 6) is -2.00. The predicted molar refractivity (Wildman–Crippen MR) is 270 cm³/mol. The Bertz CT molecular complexity index is 1280. The normalized spacial score (nSPS) is 19.3. The molecule has 1 fully saturated rings. The van der Waals surface area contributed by atoms with E-state index in [1.54, 1.807) is 0 Å². The van der Waals surface area contributed by atoms with Crippen LogP contribution in [0.5, 0.6) is 0 Å². The van der Waals surface area contributed by atoms with Gasteiger partial charge in [0.1, 0.15) is 36.8 Å². The Morgan fingerprint density at radius 3 is 1.28 bits per heavy atom. The van der Waals surface area contributed by atoms with Crippen molar-refractivity contribution in [3.63, 3.8) is 0 Å². The minimum Gasteiger partial charge on any atom is -0.462 e. The fourth-order valence-corrected chi connectivity index (χ4v) is 9.49. The van der Waals surface area contributed by atoms with Crippen LogP contribution < -0.4 is 0 Å². The van der Waals surface area contributed by atoms with Gasteiger partial charge in [-0.25, -0.2) is 0 Å². The second-order valence-corrected chi connectivity index (χ2v) is 21.1. The van der Waals surface area contributed by atoms with Crippen LogP contribution in [-0.2, 0) is 38.7 Å². The van der Waals surface area contributed by atoms with Gasteiger partial charge in [-0.05, 0) is 32.1 Å². The molecule has 1 rings (SSSR count). The number of ether oxygens (including phenoxy) is 4. The smallest absolute Gasteiger partial charge is 0.306 e. The molecule has 12 nitrogen and oxygen atoms in total. The summed E-state index contributed by atoms with van der Waals surface area (Å²) in [7, 11) is -4.61. The number of rotatable bonds is 48. The van der Waals surface area contributed by atoms with E-state index in [2.05, 4.69) is 26.0 Å². The average molecular weight is 975 g/mol. The molecule has 4 N–H and O–H groups in total. The van der Waals surface area contributed by atoms with E-state index in [0.29, 0.717) is 19.3 Å². The van der Waals surface area contributed by atoms with E-state index in [1.165, 1.54) is 186 Å². The number of allylic oxidation sites excluding steroid dienone is 2. The van der Waals surface area contributed by atoms with E-state index in [9.17, 15) is 37.9 Å². The Kier molecular flexibility index (Phi) is 42.0. The van der Waals surface area contributed by atoms with Crippen molar-refractivity contribution >= 4 is 22.1 Å². The molecule has 0 bridgehead atoms. The predicted octanol–water partition coefficient (Wildman–Crippen LogP) is 13.0. The number of carbonyl (C=O) groups is 2. The molecule has 1 heterocycles. The number of esters is 2. The van der Waals surface area contributed by atoms with Crippen LogP contribution in [0.25, 0.3) is 0 Å². The first-order valence-electron chi connectivity index (χ1n) is 27.7. The van der Waals surface area contributed by atoms with Crippen LogP contribution in [0, 0.1) is 0 Å². The molecule has 0 aromatic heterocycles. The van der Waals surface area contributed by atoms with Crippen LogP contribution >= 0.6 is 0 Å². The quantitative estimate of drug-likeness (QED) is 0.0196. The molecule has 6 atom stereocenters. The molecule has 0 aromatic carbocycles. The number of hydrogen-bond donors (Lipinski definition) is 4. The fourth-order valence-electron chi connectivity index (χ4n) is 8.80. The van der Waals surface area contributed by atoms with Gasteiger partial charge in [0.2, 0.25) is 0 Å². The standard InChI is InChI=1S/C54H102O12S/c1-3-5-7-9-11-13-15-17-19-21-22-23-24-25-26-27-29-31-33-35-37-39-41-43-50(56)65-47(45-64-54-53(59)52(58)51(57)48(66-54)46-67(60,61)62)44-63-49(55)42-40-38-36-34-32-30-28-20-18-16-14-12-10-8-6-4-2/h35,37,47-48,51-54,57-59H,3-34,36,38-46H2,1-2H3,(H,60,61,62)/b37-35+/t47-,48-,51-,52?,53?,54+/m1/s1. The number of carbonyl (C=O) groups excluding carboxylic acids is 2. The molecule has 2 unspecified atom stereocenters. The van der Waals surface area contributed by atoms with Gasteiger partial charge in [0.25, 0.3) is 10.1 Å². The van der Waals surface area contributed by atoms with Crippen molar-refractivity contribution in [2.75, 3.05) is 19.0 Å². The summed E-state index contributed by atoms with van der Waals surface area (Å²) in [5, 5.41) is 31.0. The fraction of sp³-hybridized carbons (Fsp3) is 0.926. The van der Waals surface area contributed by atoms with E-state index in [-0.39, 0.29) is 19.4 Å². The maximum atomic E-state index is 12.9. The van der Waals surface area contributed by atoms with Gasteiger partial charge in [-0.2, -0.15) is 8.42 Å². The van der Waals surface area contributed by atoms with Crippen LogP contribution in [0.3, 0.4) is 0 Å². The van der Waals surface area contributed by atoms with Crippen molar-refractivity contribution in [3.05, 3.63) is 12.2 Å². The Morgan fingerprint density at radius 2 is 0.866 bits per heavy atom. The molecular formula is C54H102O12S.